The number of carbonyl (C=O) groups excluding carboxylic acids is 1. The fraction of sp³-hybridized carbons (Fsp3) is 0.286. The number of nitrogens with two attached hydrogens (primary N) is 1. The largest absolute Gasteiger partial charge is 0.491 e. The molecule has 3 N–H and O–H groups in total. The van der Waals surface area contributed by atoms with E-state index in [4.69, 9.17) is 10.5 Å². The van der Waals surface area contributed by atoms with Crippen LogP contribution in [0.25, 0.3) is 0 Å². The maximum atomic E-state index is 12.3. The van der Waals surface area contributed by atoms with Crippen LogP contribution in [0.5, 0.6) is 5.75 Å². The third-order valence-corrected chi connectivity index (χ3v) is 2.82. The second-order valence-electron chi connectivity index (χ2n) is 4.41. The zero-order valence-corrected chi connectivity index (χ0v) is 11.8. The van der Waals surface area contributed by atoms with Crippen molar-refractivity contribution in [3.05, 3.63) is 35.5 Å². The SMILES string of the molecule is CCOc1c(N)cccc1C(=O)Nc1cc(C)nn1C. The molecule has 2 aromatic rings. The molecular formula is C14H18N4O2. The van der Waals surface area contributed by atoms with Crippen LogP contribution in [0.4, 0.5) is 11.5 Å². The molecule has 20 heavy (non-hydrogen) atoms. The van der Waals surface area contributed by atoms with Gasteiger partial charge in [0.1, 0.15) is 5.82 Å². The molecule has 0 saturated heterocycles. The van der Waals surface area contributed by atoms with Crippen molar-refractivity contribution in [3.63, 3.8) is 0 Å². The molecule has 6 heteroatoms. The van der Waals surface area contributed by atoms with E-state index in [-0.39, 0.29) is 5.91 Å². The first-order chi connectivity index (χ1) is 9.52. The lowest BCUT2D eigenvalue weighted by atomic mass is 10.1. The first kappa shape index (κ1) is 13.9. The van der Waals surface area contributed by atoms with Crippen LogP contribution in [-0.4, -0.2) is 22.3 Å². The number of nitrogens with zero attached hydrogens (tertiary/aromatic N) is 2. The molecule has 1 amide bonds. The summed E-state index contributed by atoms with van der Waals surface area (Å²) >= 11 is 0. The van der Waals surface area contributed by atoms with Gasteiger partial charge in [-0.1, -0.05) is 6.07 Å². The third-order valence-electron chi connectivity index (χ3n) is 2.82. The third kappa shape index (κ3) is 2.74. The van der Waals surface area contributed by atoms with E-state index in [2.05, 4.69) is 10.4 Å². The van der Waals surface area contributed by atoms with Crippen molar-refractivity contribution in [2.75, 3.05) is 17.7 Å². The van der Waals surface area contributed by atoms with E-state index >= 15 is 0 Å². The molecule has 0 fully saturated rings. The van der Waals surface area contributed by atoms with Gasteiger partial charge in [-0.2, -0.15) is 5.10 Å². The zero-order chi connectivity index (χ0) is 14.7. The highest BCUT2D eigenvalue weighted by Gasteiger charge is 2.16. The number of para-hydroxylation sites is 1. The Bertz CT molecular complexity index is 634. The van der Waals surface area contributed by atoms with Gasteiger partial charge in [0.25, 0.3) is 5.91 Å². The first-order valence-electron chi connectivity index (χ1n) is 6.36. The van der Waals surface area contributed by atoms with Gasteiger partial charge in [-0.05, 0) is 26.0 Å². The number of ether oxygens (including phenoxy) is 1. The molecule has 0 atom stereocenters. The molecule has 0 aliphatic carbocycles. The predicted molar refractivity (Wildman–Crippen MR) is 77.9 cm³/mol. The standard InChI is InChI=1S/C14H18N4O2/c1-4-20-13-10(6-5-7-11(13)15)14(19)16-12-8-9(2)17-18(12)3/h5-8H,4,15H2,1-3H3,(H,16,19). The Morgan fingerprint density at radius 2 is 2.25 bits per heavy atom. The molecule has 0 unspecified atom stereocenters. The topological polar surface area (TPSA) is 82.2 Å². The van der Waals surface area contributed by atoms with Crippen LogP contribution in [0, 0.1) is 6.92 Å². The minimum Gasteiger partial charge on any atom is -0.491 e. The molecule has 106 valence electrons. The monoisotopic (exact) mass is 274 g/mol. The second-order valence-corrected chi connectivity index (χ2v) is 4.41. The molecule has 0 bridgehead atoms. The van der Waals surface area contributed by atoms with Crippen molar-refractivity contribution < 1.29 is 9.53 Å². The highest BCUT2D eigenvalue weighted by atomic mass is 16.5. The van der Waals surface area contributed by atoms with Gasteiger partial charge in [-0.3, -0.25) is 9.48 Å². The normalized spacial score (nSPS) is 10.3. The average molecular weight is 274 g/mol. The Hall–Kier alpha value is -2.50. The smallest absolute Gasteiger partial charge is 0.260 e. The van der Waals surface area contributed by atoms with E-state index in [1.807, 2.05) is 13.8 Å². The molecule has 6 nitrogen and oxygen atoms in total. The number of carbonyl (C=O) groups is 1. The minimum absolute atomic E-state index is 0.274. The summed E-state index contributed by atoms with van der Waals surface area (Å²) in [5, 5.41) is 6.98. The number of hydrogen-bond acceptors (Lipinski definition) is 4. The van der Waals surface area contributed by atoms with Crippen molar-refractivity contribution in [2.24, 2.45) is 7.05 Å². The Morgan fingerprint density at radius 1 is 1.50 bits per heavy atom. The molecule has 0 spiro atoms. The molecule has 1 aromatic heterocycles. The average Bonchev–Trinajstić information content (AvgIpc) is 2.70. The van der Waals surface area contributed by atoms with Crippen LogP contribution < -0.4 is 15.8 Å². The number of amides is 1. The summed E-state index contributed by atoms with van der Waals surface area (Å²) in [6.07, 6.45) is 0. The fourth-order valence-corrected chi connectivity index (χ4v) is 1.95. The van der Waals surface area contributed by atoms with Crippen LogP contribution in [0.3, 0.4) is 0 Å². The summed E-state index contributed by atoms with van der Waals surface area (Å²) in [5.41, 5.74) is 7.54. The van der Waals surface area contributed by atoms with Crippen LogP contribution in [-0.2, 0) is 7.05 Å². The van der Waals surface area contributed by atoms with Gasteiger partial charge >= 0.3 is 0 Å². The number of hydrogen-bond donors (Lipinski definition) is 2. The summed E-state index contributed by atoms with van der Waals surface area (Å²) in [6, 6.07) is 6.90. The van der Waals surface area contributed by atoms with Gasteiger partial charge in [-0.25, -0.2) is 0 Å². The van der Waals surface area contributed by atoms with Crippen molar-refractivity contribution in [2.45, 2.75) is 13.8 Å². The van der Waals surface area contributed by atoms with Gasteiger partial charge in [0.2, 0.25) is 0 Å². The first-order valence-corrected chi connectivity index (χ1v) is 6.36. The number of aryl methyl sites for hydroxylation is 2. The number of aromatic nitrogens is 2. The van der Waals surface area contributed by atoms with Crippen molar-refractivity contribution in [3.8, 4) is 5.75 Å². The summed E-state index contributed by atoms with van der Waals surface area (Å²) in [5.74, 6) is 0.757. The van der Waals surface area contributed by atoms with Crippen molar-refractivity contribution >= 4 is 17.4 Å². The molecule has 0 aliphatic rings. The molecule has 2 rings (SSSR count). The zero-order valence-electron chi connectivity index (χ0n) is 11.8. The van der Waals surface area contributed by atoms with E-state index in [0.29, 0.717) is 29.4 Å². The van der Waals surface area contributed by atoms with Gasteiger partial charge in [-0.15, -0.1) is 0 Å². The Morgan fingerprint density at radius 3 is 2.85 bits per heavy atom. The molecule has 0 radical (unpaired) electrons. The lowest BCUT2D eigenvalue weighted by Gasteiger charge is -2.12. The van der Waals surface area contributed by atoms with Crippen molar-refractivity contribution in [1.29, 1.82) is 0 Å². The number of rotatable bonds is 4. The second kappa shape index (κ2) is 5.64. The molecule has 0 aliphatic heterocycles. The maximum Gasteiger partial charge on any atom is 0.260 e. The van der Waals surface area contributed by atoms with Gasteiger partial charge in [0.15, 0.2) is 5.75 Å². The summed E-state index contributed by atoms with van der Waals surface area (Å²) < 4.78 is 7.06. The minimum atomic E-state index is -0.274. The maximum absolute atomic E-state index is 12.3. The van der Waals surface area contributed by atoms with E-state index in [9.17, 15) is 4.79 Å². The Balaban J connectivity index is 2.29. The van der Waals surface area contributed by atoms with Crippen LogP contribution in [0.1, 0.15) is 23.0 Å². The fourth-order valence-electron chi connectivity index (χ4n) is 1.95. The number of anilines is 2. The molecular weight excluding hydrogens is 256 g/mol. The van der Waals surface area contributed by atoms with E-state index in [0.717, 1.165) is 5.69 Å². The quantitative estimate of drug-likeness (QED) is 0.835. The van der Waals surface area contributed by atoms with E-state index < -0.39 is 0 Å². The van der Waals surface area contributed by atoms with E-state index in [1.54, 1.807) is 36.0 Å². The summed E-state index contributed by atoms with van der Waals surface area (Å²) in [7, 11) is 1.77. The summed E-state index contributed by atoms with van der Waals surface area (Å²) in [6.45, 7) is 4.15. The van der Waals surface area contributed by atoms with Gasteiger partial charge in [0.05, 0.1) is 23.6 Å². The molecule has 0 saturated carbocycles. The molecule has 1 heterocycles. The van der Waals surface area contributed by atoms with E-state index in [1.165, 1.54) is 0 Å². The van der Waals surface area contributed by atoms with Crippen LogP contribution in [0.2, 0.25) is 0 Å². The lowest BCUT2D eigenvalue weighted by Crippen LogP contribution is -2.16. The Labute approximate surface area is 117 Å². The van der Waals surface area contributed by atoms with Crippen molar-refractivity contribution in [1.82, 2.24) is 9.78 Å². The van der Waals surface area contributed by atoms with Crippen LogP contribution >= 0.6 is 0 Å². The lowest BCUT2D eigenvalue weighted by molar-refractivity contribution is 0.102. The van der Waals surface area contributed by atoms with Gasteiger partial charge < -0.3 is 15.8 Å². The highest BCUT2D eigenvalue weighted by molar-refractivity contribution is 6.06. The summed E-state index contributed by atoms with van der Waals surface area (Å²) in [4.78, 5) is 12.3. The van der Waals surface area contributed by atoms with Gasteiger partial charge in [0, 0.05) is 13.1 Å². The Kier molecular flexibility index (Phi) is 3.93. The number of nitrogen functional groups attached to an aromatic ring is 1. The predicted octanol–water partition coefficient (Wildman–Crippen LogP) is 1.96. The van der Waals surface area contributed by atoms with Crippen LogP contribution in [0.15, 0.2) is 24.3 Å². The number of nitrogens with one attached hydrogen (secondary N) is 1. The highest BCUT2D eigenvalue weighted by Crippen LogP contribution is 2.27. The number of benzene rings is 1. The molecule has 1 aromatic carbocycles.